The van der Waals surface area contributed by atoms with E-state index in [2.05, 4.69) is 12.1 Å². The van der Waals surface area contributed by atoms with Crippen molar-refractivity contribution in [3.63, 3.8) is 0 Å². The third-order valence-electron chi connectivity index (χ3n) is 3.48. The molecule has 0 saturated heterocycles. The van der Waals surface area contributed by atoms with Crippen molar-refractivity contribution in [3.05, 3.63) is 29.3 Å². The van der Waals surface area contributed by atoms with E-state index in [0.717, 1.165) is 5.56 Å². The van der Waals surface area contributed by atoms with Crippen LogP contribution in [0.4, 0.5) is 0 Å². The Morgan fingerprint density at radius 1 is 1.07 bits per heavy atom. The van der Waals surface area contributed by atoms with Crippen molar-refractivity contribution < 1.29 is 5.11 Å². The van der Waals surface area contributed by atoms with Crippen molar-refractivity contribution in [2.45, 2.75) is 51.4 Å². The molecule has 0 radical (unpaired) electrons. The molecule has 0 aliphatic heterocycles. The van der Waals surface area contributed by atoms with E-state index in [1.54, 1.807) is 0 Å². The van der Waals surface area contributed by atoms with E-state index in [4.69, 9.17) is 0 Å². The van der Waals surface area contributed by atoms with Crippen LogP contribution in [0.5, 0.6) is 5.75 Å². The number of benzene rings is 1. The zero-order chi connectivity index (χ0) is 10.7. The van der Waals surface area contributed by atoms with E-state index in [1.807, 2.05) is 13.0 Å². The number of aromatic hydroxyl groups is 1. The number of hydrogen-bond acceptors (Lipinski definition) is 1. The smallest absolute Gasteiger partial charge is 0.119 e. The summed E-state index contributed by atoms with van der Waals surface area (Å²) in [5.41, 5.74) is 2.31. The van der Waals surface area contributed by atoms with Crippen LogP contribution in [0.1, 0.15) is 55.6 Å². The summed E-state index contributed by atoms with van der Waals surface area (Å²) in [7, 11) is 0. The minimum atomic E-state index is 0.502. The first-order valence-electron chi connectivity index (χ1n) is 6.07. The zero-order valence-electron chi connectivity index (χ0n) is 9.50. The standard InChI is InChI=1S/C14H20O/c1-11-8-9-13(14(15)10-11)12-6-4-2-3-5-7-12/h8-10,12,15H,2-7H2,1H3. The summed E-state index contributed by atoms with van der Waals surface area (Å²) >= 11 is 0. The van der Waals surface area contributed by atoms with Crippen LogP contribution in [0.2, 0.25) is 0 Å². The average molecular weight is 204 g/mol. The molecule has 0 atom stereocenters. The lowest BCUT2D eigenvalue weighted by atomic mass is 9.90. The van der Waals surface area contributed by atoms with Gasteiger partial charge < -0.3 is 5.11 Å². The molecular formula is C14H20O. The second kappa shape index (κ2) is 4.69. The highest BCUT2D eigenvalue weighted by atomic mass is 16.3. The van der Waals surface area contributed by atoms with Gasteiger partial charge in [0.05, 0.1) is 0 Å². The summed E-state index contributed by atoms with van der Waals surface area (Å²) in [5, 5.41) is 9.94. The maximum absolute atomic E-state index is 9.94. The van der Waals surface area contributed by atoms with Crippen molar-refractivity contribution in [1.29, 1.82) is 0 Å². The van der Waals surface area contributed by atoms with Crippen LogP contribution < -0.4 is 0 Å². The van der Waals surface area contributed by atoms with Gasteiger partial charge in [0.25, 0.3) is 0 Å². The maximum atomic E-state index is 9.94. The van der Waals surface area contributed by atoms with Gasteiger partial charge in [-0.15, -0.1) is 0 Å². The largest absolute Gasteiger partial charge is 0.508 e. The molecule has 15 heavy (non-hydrogen) atoms. The molecule has 1 heteroatoms. The number of phenols is 1. The van der Waals surface area contributed by atoms with Crippen molar-refractivity contribution in [2.75, 3.05) is 0 Å². The van der Waals surface area contributed by atoms with Crippen LogP contribution in [0, 0.1) is 6.92 Å². The lowest BCUT2D eigenvalue weighted by Gasteiger charge is -2.16. The van der Waals surface area contributed by atoms with Crippen molar-refractivity contribution >= 4 is 0 Å². The zero-order valence-corrected chi connectivity index (χ0v) is 9.50. The lowest BCUT2D eigenvalue weighted by Crippen LogP contribution is -1.97. The average Bonchev–Trinajstić information content (AvgIpc) is 2.46. The molecule has 1 aliphatic carbocycles. The van der Waals surface area contributed by atoms with Crippen molar-refractivity contribution in [2.24, 2.45) is 0 Å². The van der Waals surface area contributed by atoms with E-state index >= 15 is 0 Å². The molecule has 0 bridgehead atoms. The predicted molar refractivity (Wildman–Crippen MR) is 63.3 cm³/mol. The van der Waals surface area contributed by atoms with E-state index in [9.17, 15) is 5.11 Å². The molecule has 1 fully saturated rings. The summed E-state index contributed by atoms with van der Waals surface area (Å²) in [6.45, 7) is 2.02. The van der Waals surface area contributed by atoms with Crippen LogP contribution in [0.25, 0.3) is 0 Å². The molecule has 0 unspecified atom stereocenters. The molecule has 2 rings (SSSR count). The van der Waals surface area contributed by atoms with Crippen LogP contribution >= 0.6 is 0 Å². The van der Waals surface area contributed by atoms with E-state index in [-0.39, 0.29) is 0 Å². The van der Waals surface area contributed by atoms with Crippen LogP contribution in [0.3, 0.4) is 0 Å². The van der Waals surface area contributed by atoms with Gasteiger partial charge in [-0.05, 0) is 42.9 Å². The topological polar surface area (TPSA) is 20.2 Å². The number of aryl methyl sites for hydroxylation is 1. The molecule has 82 valence electrons. The fourth-order valence-corrected chi connectivity index (χ4v) is 2.59. The number of hydrogen-bond donors (Lipinski definition) is 1. The molecular weight excluding hydrogens is 184 g/mol. The highest BCUT2D eigenvalue weighted by Crippen LogP contribution is 2.36. The second-order valence-electron chi connectivity index (χ2n) is 4.75. The van der Waals surface area contributed by atoms with Gasteiger partial charge >= 0.3 is 0 Å². The molecule has 0 amide bonds. The molecule has 0 aromatic heterocycles. The third kappa shape index (κ3) is 2.53. The van der Waals surface area contributed by atoms with Crippen molar-refractivity contribution in [1.82, 2.24) is 0 Å². The summed E-state index contributed by atoms with van der Waals surface area (Å²) in [4.78, 5) is 0. The fourth-order valence-electron chi connectivity index (χ4n) is 2.59. The predicted octanol–water partition coefficient (Wildman–Crippen LogP) is 4.14. The SMILES string of the molecule is Cc1ccc(C2CCCCCC2)c(O)c1. The van der Waals surface area contributed by atoms with Crippen LogP contribution in [-0.4, -0.2) is 5.11 Å². The Labute approximate surface area is 92.1 Å². The molecule has 1 N–H and O–H groups in total. The van der Waals surface area contributed by atoms with Gasteiger partial charge in [0.2, 0.25) is 0 Å². The molecule has 1 aliphatic rings. The fraction of sp³-hybridized carbons (Fsp3) is 0.571. The first kappa shape index (κ1) is 10.5. The first-order valence-corrected chi connectivity index (χ1v) is 6.07. The number of phenolic OH excluding ortho intramolecular Hbond substituents is 1. The summed E-state index contributed by atoms with van der Waals surface area (Å²) in [6.07, 6.45) is 7.86. The Morgan fingerprint density at radius 2 is 1.73 bits per heavy atom. The minimum Gasteiger partial charge on any atom is -0.508 e. The van der Waals surface area contributed by atoms with E-state index in [0.29, 0.717) is 11.7 Å². The van der Waals surface area contributed by atoms with Gasteiger partial charge in [0.15, 0.2) is 0 Å². The summed E-state index contributed by atoms with van der Waals surface area (Å²) in [6, 6.07) is 6.11. The Bertz CT molecular complexity index is 322. The van der Waals surface area contributed by atoms with E-state index < -0.39 is 0 Å². The Hall–Kier alpha value is -0.980. The third-order valence-corrected chi connectivity index (χ3v) is 3.48. The molecule has 0 spiro atoms. The highest BCUT2D eigenvalue weighted by Gasteiger charge is 2.17. The van der Waals surface area contributed by atoms with Gasteiger partial charge in [-0.2, -0.15) is 0 Å². The van der Waals surface area contributed by atoms with Gasteiger partial charge in [0, 0.05) is 0 Å². The first-order chi connectivity index (χ1) is 7.27. The molecule has 1 aromatic carbocycles. The van der Waals surface area contributed by atoms with Crippen molar-refractivity contribution in [3.8, 4) is 5.75 Å². The molecule has 0 heterocycles. The molecule has 1 aromatic rings. The Balaban J connectivity index is 2.19. The van der Waals surface area contributed by atoms with Gasteiger partial charge in [0.1, 0.15) is 5.75 Å². The quantitative estimate of drug-likeness (QED) is 0.682. The Morgan fingerprint density at radius 3 is 2.33 bits per heavy atom. The second-order valence-corrected chi connectivity index (χ2v) is 4.75. The monoisotopic (exact) mass is 204 g/mol. The van der Waals surface area contributed by atoms with E-state index in [1.165, 1.54) is 44.1 Å². The minimum absolute atomic E-state index is 0.502. The van der Waals surface area contributed by atoms with Gasteiger partial charge in [-0.25, -0.2) is 0 Å². The van der Waals surface area contributed by atoms with Gasteiger partial charge in [-0.1, -0.05) is 37.8 Å². The van der Waals surface area contributed by atoms with Crippen LogP contribution in [-0.2, 0) is 0 Å². The summed E-state index contributed by atoms with van der Waals surface area (Å²) in [5.74, 6) is 1.09. The van der Waals surface area contributed by atoms with Crippen LogP contribution in [0.15, 0.2) is 18.2 Å². The van der Waals surface area contributed by atoms with Gasteiger partial charge in [-0.3, -0.25) is 0 Å². The lowest BCUT2D eigenvalue weighted by molar-refractivity contribution is 0.453. The maximum Gasteiger partial charge on any atom is 0.119 e. The normalized spacial score (nSPS) is 18.7. The summed E-state index contributed by atoms with van der Waals surface area (Å²) < 4.78 is 0. The molecule has 1 saturated carbocycles. The highest BCUT2D eigenvalue weighted by molar-refractivity contribution is 5.38. The Kier molecular flexibility index (Phi) is 3.30. The molecule has 1 nitrogen and oxygen atoms in total. The number of rotatable bonds is 1.